The van der Waals surface area contributed by atoms with Gasteiger partial charge in [-0.1, -0.05) is 56.2 Å². The van der Waals surface area contributed by atoms with E-state index in [1.54, 1.807) is 41.3 Å². The van der Waals surface area contributed by atoms with Crippen LogP contribution in [0, 0.1) is 0 Å². The largest absolute Gasteiger partial charge is 0.347 e. The second-order valence-electron chi connectivity index (χ2n) is 8.01. The Morgan fingerprint density at radius 2 is 1.67 bits per heavy atom. The Balaban J connectivity index is 1.92. The summed E-state index contributed by atoms with van der Waals surface area (Å²) in [5.74, 6) is 0. The van der Waals surface area contributed by atoms with Crippen LogP contribution in [-0.2, 0) is 0 Å². The molecule has 160 valence electrons. The molecule has 0 aliphatic carbocycles. The normalized spacial score (nSPS) is 17.9. The highest BCUT2D eigenvalue weighted by atomic mass is 16.5. The predicted octanol–water partition coefficient (Wildman–Crippen LogP) is 5.15. The number of hydroxylamine groups is 2. The van der Waals surface area contributed by atoms with Gasteiger partial charge in [0.15, 0.2) is 6.17 Å². The Kier molecular flexibility index (Phi) is 6.62. The molecule has 3 rings (SSSR count). The van der Waals surface area contributed by atoms with Gasteiger partial charge in [-0.15, -0.1) is 0 Å². The van der Waals surface area contributed by atoms with Gasteiger partial charge in [-0.3, -0.25) is 10.1 Å². The van der Waals surface area contributed by atoms with Crippen LogP contribution in [0.1, 0.15) is 40.0 Å². The third kappa shape index (κ3) is 4.26. The molecule has 2 aromatic rings. The average Bonchev–Trinajstić information content (AvgIpc) is 2.94. The number of unbranched alkanes of at least 4 members (excludes halogenated alkanes) is 2. The molecule has 0 radical (unpaired) electrons. The number of benzene rings is 2. The number of para-hydroxylation sites is 2. The number of anilines is 2. The Morgan fingerprint density at radius 3 is 2.27 bits per heavy atom. The number of rotatable bonds is 7. The van der Waals surface area contributed by atoms with Gasteiger partial charge in [-0.25, -0.2) is 9.59 Å². The van der Waals surface area contributed by atoms with Gasteiger partial charge in [0.1, 0.15) is 0 Å². The molecule has 1 fully saturated rings. The first-order chi connectivity index (χ1) is 14.4. The number of amides is 4. The minimum atomic E-state index is -0.891. The quantitative estimate of drug-likeness (QED) is 0.377. The molecule has 2 aromatic carbocycles. The van der Waals surface area contributed by atoms with Crippen molar-refractivity contribution in [2.75, 3.05) is 16.8 Å². The third-order valence-electron chi connectivity index (χ3n) is 5.49. The van der Waals surface area contributed by atoms with E-state index in [2.05, 4.69) is 12.2 Å². The van der Waals surface area contributed by atoms with E-state index in [9.17, 15) is 14.8 Å². The molecule has 1 atom stereocenters. The number of urea groups is 2. The predicted molar refractivity (Wildman–Crippen MR) is 118 cm³/mol. The van der Waals surface area contributed by atoms with Gasteiger partial charge in [0.25, 0.3) is 0 Å². The number of nitrogens with zero attached hydrogens (tertiary/aromatic N) is 3. The summed E-state index contributed by atoms with van der Waals surface area (Å²) in [4.78, 5) is 29.5. The maximum atomic E-state index is 13.4. The van der Waals surface area contributed by atoms with Crippen LogP contribution in [-0.4, -0.2) is 45.5 Å². The van der Waals surface area contributed by atoms with Gasteiger partial charge in [-0.05, 0) is 44.5 Å². The van der Waals surface area contributed by atoms with Gasteiger partial charge in [-0.2, -0.15) is 5.06 Å². The summed E-state index contributed by atoms with van der Waals surface area (Å²) in [6.07, 6.45) is 2.02. The van der Waals surface area contributed by atoms with Crippen molar-refractivity contribution in [2.24, 2.45) is 0 Å². The highest BCUT2D eigenvalue weighted by Gasteiger charge is 2.55. The maximum absolute atomic E-state index is 13.4. The summed E-state index contributed by atoms with van der Waals surface area (Å²) in [5, 5.41) is 14.3. The zero-order chi connectivity index (χ0) is 21.7. The fraction of sp³-hybridized carbons (Fsp3) is 0.391. The first-order valence-electron chi connectivity index (χ1n) is 10.4. The zero-order valence-electron chi connectivity index (χ0n) is 17.8. The van der Waals surface area contributed by atoms with Crippen molar-refractivity contribution in [2.45, 2.75) is 51.7 Å². The van der Waals surface area contributed by atoms with Gasteiger partial charge >= 0.3 is 12.1 Å². The molecule has 7 heteroatoms. The van der Waals surface area contributed by atoms with E-state index in [-0.39, 0.29) is 6.03 Å². The monoisotopic (exact) mass is 410 g/mol. The maximum Gasteiger partial charge on any atom is 0.347 e. The van der Waals surface area contributed by atoms with Crippen LogP contribution >= 0.6 is 0 Å². The fourth-order valence-electron chi connectivity index (χ4n) is 3.90. The molecule has 0 spiro atoms. The Morgan fingerprint density at radius 1 is 1.07 bits per heavy atom. The molecule has 0 bridgehead atoms. The van der Waals surface area contributed by atoms with E-state index in [1.807, 2.05) is 38.1 Å². The number of carbonyl (C=O) groups is 2. The average molecular weight is 411 g/mol. The number of carbonyl (C=O) groups excluding carboxylic acids is 2. The van der Waals surface area contributed by atoms with E-state index in [1.165, 1.54) is 4.90 Å². The summed E-state index contributed by atoms with van der Waals surface area (Å²) in [5.41, 5.74) is 0.392. The fourth-order valence-corrected chi connectivity index (χ4v) is 3.90. The van der Waals surface area contributed by atoms with E-state index in [4.69, 9.17) is 0 Å². The van der Waals surface area contributed by atoms with Gasteiger partial charge in [0.05, 0.1) is 5.54 Å². The lowest BCUT2D eigenvalue weighted by Crippen LogP contribution is -2.58. The van der Waals surface area contributed by atoms with Crippen molar-refractivity contribution in [3.8, 4) is 0 Å². The van der Waals surface area contributed by atoms with E-state index in [0.717, 1.165) is 19.3 Å². The minimum absolute atomic E-state index is 0.223. The van der Waals surface area contributed by atoms with Crippen molar-refractivity contribution in [1.29, 1.82) is 0 Å². The van der Waals surface area contributed by atoms with Crippen LogP contribution in [0.2, 0.25) is 0 Å². The van der Waals surface area contributed by atoms with Gasteiger partial charge in [0, 0.05) is 17.9 Å². The molecule has 1 heterocycles. The van der Waals surface area contributed by atoms with Crippen molar-refractivity contribution in [1.82, 2.24) is 9.96 Å². The topological polar surface area (TPSA) is 76.1 Å². The van der Waals surface area contributed by atoms with Crippen molar-refractivity contribution in [3.05, 3.63) is 60.7 Å². The number of hydrogen-bond donors (Lipinski definition) is 2. The van der Waals surface area contributed by atoms with E-state index >= 15 is 0 Å². The number of hydrogen-bond acceptors (Lipinski definition) is 3. The Hall–Kier alpha value is -3.06. The molecule has 30 heavy (non-hydrogen) atoms. The standard InChI is InChI=1S/C23H30N4O3/c1-4-5-12-17-25-22(29)26(19-15-10-7-11-16-19)20(23(25,2)3)27(30)21(28)24-18-13-8-6-9-14-18/h6-11,13-16,20,30H,4-5,12,17H2,1-3H3,(H,24,28)/t20-/m1/s1. The SMILES string of the molecule is CCCCCN1C(=O)N(c2ccccc2)[C@H](N(O)C(=O)Nc2ccccc2)C1(C)C. The minimum Gasteiger partial charge on any atom is -0.315 e. The molecule has 0 saturated carbocycles. The molecule has 2 N–H and O–H groups in total. The Bertz CT molecular complexity index is 857. The molecule has 0 unspecified atom stereocenters. The van der Waals surface area contributed by atoms with Crippen LogP contribution in [0.25, 0.3) is 0 Å². The van der Waals surface area contributed by atoms with E-state index in [0.29, 0.717) is 23.0 Å². The van der Waals surface area contributed by atoms with Crippen molar-refractivity contribution >= 4 is 23.4 Å². The molecule has 7 nitrogen and oxygen atoms in total. The summed E-state index contributed by atoms with van der Waals surface area (Å²) in [7, 11) is 0. The highest BCUT2D eigenvalue weighted by molar-refractivity contribution is 5.98. The smallest absolute Gasteiger partial charge is 0.315 e. The molecule has 1 saturated heterocycles. The zero-order valence-corrected chi connectivity index (χ0v) is 17.8. The van der Waals surface area contributed by atoms with E-state index < -0.39 is 17.7 Å². The molecular weight excluding hydrogens is 380 g/mol. The molecule has 1 aliphatic heterocycles. The summed E-state index contributed by atoms with van der Waals surface area (Å²) < 4.78 is 0. The molecule has 1 aliphatic rings. The second-order valence-corrected chi connectivity index (χ2v) is 8.01. The van der Waals surface area contributed by atoms with Crippen LogP contribution in [0.4, 0.5) is 21.0 Å². The van der Waals surface area contributed by atoms with Crippen LogP contribution < -0.4 is 10.2 Å². The van der Waals surface area contributed by atoms with Crippen LogP contribution in [0.15, 0.2) is 60.7 Å². The van der Waals surface area contributed by atoms with Crippen molar-refractivity contribution in [3.63, 3.8) is 0 Å². The third-order valence-corrected chi connectivity index (χ3v) is 5.49. The molecular formula is C23H30N4O3. The lowest BCUT2D eigenvalue weighted by Gasteiger charge is -2.38. The lowest BCUT2D eigenvalue weighted by molar-refractivity contribution is -0.0949. The lowest BCUT2D eigenvalue weighted by atomic mass is 9.99. The summed E-state index contributed by atoms with van der Waals surface area (Å²) >= 11 is 0. The van der Waals surface area contributed by atoms with Gasteiger partial charge in [0.2, 0.25) is 0 Å². The van der Waals surface area contributed by atoms with Crippen LogP contribution in [0.3, 0.4) is 0 Å². The molecule has 0 aromatic heterocycles. The highest BCUT2D eigenvalue weighted by Crippen LogP contribution is 2.38. The Labute approximate surface area is 177 Å². The second kappa shape index (κ2) is 9.17. The first kappa shape index (κ1) is 21.6. The molecule has 4 amide bonds. The van der Waals surface area contributed by atoms with Gasteiger partial charge < -0.3 is 10.2 Å². The first-order valence-corrected chi connectivity index (χ1v) is 10.4. The number of nitrogens with one attached hydrogen (secondary N) is 1. The van der Waals surface area contributed by atoms with Crippen LogP contribution in [0.5, 0.6) is 0 Å². The van der Waals surface area contributed by atoms with Crippen molar-refractivity contribution < 1.29 is 14.8 Å². The summed E-state index contributed by atoms with van der Waals surface area (Å²) in [6, 6.07) is 17.1. The summed E-state index contributed by atoms with van der Waals surface area (Å²) in [6.45, 7) is 6.43.